The maximum Gasteiger partial charge on any atom is 0.262 e. The normalized spacial score (nSPS) is 15.7. The zero-order valence-electron chi connectivity index (χ0n) is 7.98. The van der Waals surface area contributed by atoms with Crippen molar-refractivity contribution in [2.75, 3.05) is 5.75 Å². The molecule has 0 atom stereocenters. The van der Waals surface area contributed by atoms with Crippen molar-refractivity contribution in [3.63, 3.8) is 0 Å². The average Bonchev–Trinajstić information content (AvgIpc) is 2.49. The quantitative estimate of drug-likeness (QED) is 0.621. The summed E-state index contributed by atoms with van der Waals surface area (Å²) >= 11 is 1.43. The van der Waals surface area contributed by atoms with E-state index in [1.807, 2.05) is 0 Å². The molecule has 0 aliphatic carbocycles. The molecule has 0 unspecified atom stereocenters. The molecular formula is C9H7N3O2S. The summed E-state index contributed by atoms with van der Waals surface area (Å²) < 4.78 is 5.08. The SMILES string of the molecule is Cc1nc2c3c(noc3n1)CC(=O)CS2. The van der Waals surface area contributed by atoms with E-state index in [1.165, 1.54) is 11.8 Å². The Balaban J connectivity index is 2.35. The molecule has 0 spiro atoms. The van der Waals surface area contributed by atoms with Gasteiger partial charge in [-0.1, -0.05) is 16.9 Å². The minimum Gasteiger partial charge on any atom is -0.335 e. The molecule has 0 fully saturated rings. The maximum absolute atomic E-state index is 11.4. The molecule has 1 aliphatic heterocycles. The lowest BCUT2D eigenvalue weighted by Gasteiger charge is -1.98. The van der Waals surface area contributed by atoms with Crippen molar-refractivity contribution in [1.29, 1.82) is 0 Å². The van der Waals surface area contributed by atoms with E-state index < -0.39 is 0 Å². The minimum absolute atomic E-state index is 0.144. The molecule has 0 radical (unpaired) electrons. The number of carbonyl (C=O) groups excluding carboxylic acids is 1. The number of nitrogens with zero attached hydrogens (tertiary/aromatic N) is 3. The zero-order valence-corrected chi connectivity index (χ0v) is 8.80. The largest absolute Gasteiger partial charge is 0.335 e. The highest BCUT2D eigenvalue weighted by Gasteiger charge is 2.22. The molecule has 0 aromatic carbocycles. The van der Waals surface area contributed by atoms with Crippen molar-refractivity contribution >= 4 is 28.6 Å². The first kappa shape index (κ1) is 8.84. The monoisotopic (exact) mass is 221 g/mol. The Morgan fingerprint density at radius 1 is 1.40 bits per heavy atom. The highest BCUT2D eigenvalue weighted by atomic mass is 32.2. The van der Waals surface area contributed by atoms with Gasteiger partial charge in [0.25, 0.3) is 5.71 Å². The molecule has 0 bridgehead atoms. The smallest absolute Gasteiger partial charge is 0.262 e. The molecule has 5 nitrogen and oxygen atoms in total. The third kappa shape index (κ3) is 1.32. The van der Waals surface area contributed by atoms with E-state index in [0.717, 1.165) is 10.4 Å². The summed E-state index contributed by atoms with van der Waals surface area (Å²) in [7, 11) is 0. The first-order valence-electron chi connectivity index (χ1n) is 4.51. The Labute approximate surface area is 89.3 Å². The Kier molecular flexibility index (Phi) is 1.79. The molecule has 6 heteroatoms. The second-order valence-corrected chi connectivity index (χ2v) is 4.35. The molecule has 3 heterocycles. The predicted molar refractivity (Wildman–Crippen MR) is 53.8 cm³/mol. The number of carbonyl (C=O) groups is 1. The van der Waals surface area contributed by atoms with Crippen LogP contribution in [-0.4, -0.2) is 26.7 Å². The molecule has 0 N–H and O–H groups in total. The molecule has 0 saturated carbocycles. The summed E-state index contributed by atoms with van der Waals surface area (Å²) in [5.74, 6) is 1.23. The molecule has 15 heavy (non-hydrogen) atoms. The van der Waals surface area contributed by atoms with E-state index in [0.29, 0.717) is 29.4 Å². The second-order valence-electron chi connectivity index (χ2n) is 3.39. The molecule has 3 rings (SSSR count). The van der Waals surface area contributed by atoms with E-state index in [2.05, 4.69) is 15.1 Å². The fraction of sp³-hybridized carbons (Fsp3) is 0.333. The highest BCUT2D eigenvalue weighted by molar-refractivity contribution is 8.00. The van der Waals surface area contributed by atoms with Crippen molar-refractivity contribution < 1.29 is 9.32 Å². The van der Waals surface area contributed by atoms with Crippen molar-refractivity contribution in [2.24, 2.45) is 0 Å². The van der Waals surface area contributed by atoms with Crippen LogP contribution in [0.1, 0.15) is 11.5 Å². The van der Waals surface area contributed by atoms with Gasteiger partial charge in [-0.15, -0.1) is 0 Å². The standard InChI is InChI=1S/C9H7N3O2S/c1-4-10-8-7-6(12-14-8)2-5(13)3-15-9(7)11-4/h2-3H2,1H3. The van der Waals surface area contributed by atoms with E-state index in [1.54, 1.807) is 6.92 Å². The fourth-order valence-corrected chi connectivity index (χ4v) is 2.54. The Morgan fingerprint density at radius 2 is 2.27 bits per heavy atom. The van der Waals surface area contributed by atoms with Crippen LogP contribution < -0.4 is 0 Å². The first-order chi connectivity index (χ1) is 7.24. The molecule has 76 valence electrons. The van der Waals surface area contributed by atoms with Crippen molar-refractivity contribution in [3.05, 3.63) is 11.5 Å². The summed E-state index contributed by atoms with van der Waals surface area (Å²) in [5, 5.41) is 5.47. The lowest BCUT2D eigenvalue weighted by atomic mass is 10.2. The molecule has 1 aliphatic rings. The van der Waals surface area contributed by atoms with Crippen molar-refractivity contribution in [1.82, 2.24) is 15.1 Å². The van der Waals surface area contributed by atoms with Gasteiger partial charge in [-0.2, -0.15) is 4.98 Å². The average molecular weight is 221 g/mol. The summed E-state index contributed by atoms with van der Waals surface area (Å²) in [6, 6.07) is 0. The van der Waals surface area contributed by atoms with Gasteiger partial charge < -0.3 is 4.52 Å². The zero-order chi connectivity index (χ0) is 10.4. The van der Waals surface area contributed by atoms with Crippen molar-refractivity contribution in [3.8, 4) is 0 Å². The summed E-state index contributed by atoms with van der Waals surface area (Å²) in [4.78, 5) is 19.9. The van der Waals surface area contributed by atoms with E-state index >= 15 is 0 Å². The van der Waals surface area contributed by atoms with Crippen LogP contribution in [0.3, 0.4) is 0 Å². The van der Waals surface area contributed by atoms with Gasteiger partial charge in [-0.3, -0.25) is 4.79 Å². The number of rotatable bonds is 0. The summed E-state index contributed by atoms with van der Waals surface area (Å²) in [5.41, 5.74) is 1.14. The molecular weight excluding hydrogens is 214 g/mol. The van der Waals surface area contributed by atoms with Crippen LogP contribution in [0, 0.1) is 6.92 Å². The van der Waals surface area contributed by atoms with Gasteiger partial charge in [0.05, 0.1) is 17.6 Å². The summed E-state index contributed by atoms with van der Waals surface area (Å²) in [6.45, 7) is 1.80. The third-order valence-corrected chi connectivity index (χ3v) is 3.25. The van der Waals surface area contributed by atoms with E-state index in [9.17, 15) is 4.79 Å². The van der Waals surface area contributed by atoms with Gasteiger partial charge in [-0.05, 0) is 6.92 Å². The number of hydrogen-bond acceptors (Lipinski definition) is 6. The molecule has 0 amide bonds. The Bertz CT molecular complexity index is 564. The number of aryl methyl sites for hydroxylation is 1. The number of aromatic nitrogens is 3. The molecule has 2 aromatic heterocycles. The van der Waals surface area contributed by atoms with Gasteiger partial charge in [0.2, 0.25) is 0 Å². The van der Waals surface area contributed by atoms with Crippen LogP contribution in [0.4, 0.5) is 0 Å². The van der Waals surface area contributed by atoms with Crippen molar-refractivity contribution in [2.45, 2.75) is 18.4 Å². The molecule has 0 saturated heterocycles. The van der Waals surface area contributed by atoms with E-state index in [4.69, 9.17) is 4.52 Å². The lowest BCUT2D eigenvalue weighted by Crippen LogP contribution is -2.03. The Hall–Kier alpha value is -1.43. The number of Topliss-reactive ketones (excluding diaryl/α,β-unsaturated/α-hetero) is 1. The lowest BCUT2D eigenvalue weighted by molar-refractivity contribution is -0.116. The van der Waals surface area contributed by atoms with Gasteiger partial charge >= 0.3 is 0 Å². The predicted octanol–water partition coefficient (Wildman–Crippen LogP) is 1.14. The minimum atomic E-state index is 0.144. The topological polar surface area (TPSA) is 68.9 Å². The third-order valence-electron chi connectivity index (χ3n) is 2.22. The number of ketones is 1. The van der Waals surface area contributed by atoms with Crippen LogP contribution in [-0.2, 0) is 11.2 Å². The van der Waals surface area contributed by atoms with Gasteiger partial charge in [0.1, 0.15) is 22.3 Å². The second kappa shape index (κ2) is 3.03. The van der Waals surface area contributed by atoms with Gasteiger partial charge in [0, 0.05) is 0 Å². The van der Waals surface area contributed by atoms with E-state index in [-0.39, 0.29) is 5.78 Å². The number of thioether (sulfide) groups is 1. The van der Waals surface area contributed by atoms with Crippen LogP contribution >= 0.6 is 11.8 Å². The fourth-order valence-electron chi connectivity index (χ4n) is 1.59. The maximum atomic E-state index is 11.4. The van der Waals surface area contributed by atoms with Gasteiger partial charge in [0.15, 0.2) is 0 Å². The van der Waals surface area contributed by atoms with Crippen LogP contribution in [0.25, 0.3) is 11.1 Å². The highest BCUT2D eigenvalue weighted by Crippen LogP contribution is 2.31. The Morgan fingerprint density at radius 3 is 3.13 bits per heavy atom. The first-order valence-corrected chi connectivity index (χ1v) is 5.50. The summed E-state index contributed by atoms with van der Waals surface area (Å²) in [6.07, 6.45) is 0.319. The number of hydrogen-bond donors (Lipinski definition) is 0. The van der Waals surface area contributed by atoms with Gasteiger partial charge in [-0.25, -0.2) is 4.98 Å². The van der Waals surface area contributed by atoms with Crippen LogP contribution in [0.5, 0.6) is 0 Å². The molecule has 2 aromatic rings. The van der Waals surface area contributed by atoms with Crippen LogP contribution in [0.2, 0.25) is 0 Å². The van der Waals surface area contributed by atoms with Crippen LogP contribution in [0.15, 0.2) is 9.55 Å².